The minimum atomic E-state index is -0.0733. The molecule has 6 heteroatoms. The molecule has 0 fully saturated rings. The van der Waals surface area contributed by atoms with Gasteiger partial charge in [0.15, 0.2) is 11.5 Å². The molecule has 0 aliphatic carbocycles. The molecule has 5 nitrogen and oxygen atoms in total. The van der Waals surface area contributed by atoms with Gasteiger partial charge in [-0.15, -0.1) is 0 Å². The number of nitrogens with one attached hydrogen (secondary N) is 1. The van der Waals surface area contributed by atoms with E-state index in [2.05, 4.69) is 5.32 Å². The number of carbonyl (C=O) groups excluding carboxylic acids is 1. The molecule has 0 saturated carbocycles. The van der Waals surface area contributed by atoms with Crippen LogP contribution in [-0.2, 0) is 11.3 Å². The van der Waals surface area contributed by atoms with Crippen molar-refractivity contribution >= 4 is 23.2 Å². The smallest absolute Gasteiger partial charge is 0.238 e. The first-order chi connectivity index (χ1) is 12.4. The highest BCUT2D eigenvalue weighted by Crippen LogP contribution is 2.28. The summed E-state index contributed by atoms with van der Waals surface area (Å²) in [4.78, 5) is 14.2. The van der Waals surface area contributed by atoms with Crippen LogP contribution in [0.3, 0.4) is 0 Å². The Morgan fingerprint density at radius 3 is 2.62 bits per heavy atom. The van der Waals surface area contributed by atoms with E-state index in [-0.39, 0.29) is 12.5 Å². The standard InChI is InChI=1S/C20H25ClN2O3/c1-5-26-18-9-6-15(11-19(18)25-4)12-23(3)13-20(24)22-17-8-7-16(21)10-14(17)2/h6-11H,5,12-13H2,1-4H3,(H,22,24). The number of halogens is 1. The number of aryl methyl sites for hydroxylation is 1. The molecule has 0 aromatic heterocycles. The van der Waals surface area contributed by atoms with Crippen LogP contribution in [0.15, 0.2) is 36.4 Å². The fraction of sp³-hybridized carbons (Fsp3) is 0.350. The van der Waals surface area contributed by atoms with Crippen molar-refractivity contribution in [3.8, 4) is 11.5 Å². The average molecular weight is 377 g/mol. The fourth-order valence-electron chi connectivity index (χ4n) is 2.65. The molecule has 0 heterocycles. The van der Waals surface area contributed by atoms with Crippen molar-refractivity contribution < 1.29 is 14.3 Å². The molecule has 2 aromatic carbocycles. The van der Waals surface area contributed by atoms with Gasteiger partial charge < -0.3 is 14.8 Å². The quantitative estimate of drug-likeness (QED) is 0.752. The van der Waals surface area contributed by atoms with Crippen molar-refractivity contribution in [2.45, 2.75) is 20.4 Å². The van der Waals surface area contributed by atoms with Gasteiger partial charge in [0.05, 0.1) is 20.3 Å². The van der Waals surface area contributed by atoms with Crippen LogP contribution >= 0.6 is 11.6 Å². The van der Waals surface area contributed by atoms with Gasteiger partial charge in [0.1, 0.15) is 0 Å². The van der Waals surface area contributed by atoms with E-state index in [1.54, 1.807) is 13.2 Å². The molecule has 0 atom stereocenters. The van der Waals surface area contributed by atoms with Crippen LogP contribution in [0.5, 0.6) is 11.5 Å². The monoisotopic (exact) mass is 376 g/mol. The van der Waals surface area contributed by atoms with Crippen LogP contribution in [0.1, 0.15) is 18.1 Å². The number of carbonyl (C=O) groups is 1. The minimum absolute atomic E-state index is 0.0733. The van der Waals surface area contributed by atoms with Crippen LogP contribution in [0, 0.1) is 6.92 Å². The summed E-state index contributed by atoms with van der Waals surface area (Å²) >= 11 is 5.94. The Kier molecular flexibility index (Phi) is 7.30. The van der Waals surface area contributed by atoms with Crippen molar-refractivity contribution in [3.63, 3.8) is 0 Å². The van der Waals surface area contributed by atoms with Crippen molar-refractivity contribution in [1.29, 1.82) is 0 Å². The first-order valence-corrected chi connectivity index (χ1v) is 8.85. The van der Waals surface area contributed by atoms with Gasteiger partial charge in [0.25, 0.3) is 0 Å². The highest BCUT2D eigenvalue weighted by molar-refractivity contribution is 6.30. The number of amides is 1. The fourth-order valence-corrected chi connectivity index (χ4v) is 2.88. The number of benzene rings is 2. The number of ether oxygens (including phenoxy) is 2. The Labute approximate surface area is 159 Å². The third-order valence-corrected chi connectivity index (χ3v) is 4.09. The lowest BCUT2D eigenvalue weighted by molar-refractivity contribution is -0.117. The van der Waals surface area contributed by atoms with Crippen molar-refractivity contribution in [2.75, 3.05) is 32.6 Å². The number of likely N-dealkylation sites (N-methyl/N-ethyl adjacent to an activating group) is 1. The van der Waals surface area contributed by atoms with Crippen molar-refractivity contribution in [3.05, 3.63) is 52.5 Å². The van der Waals surface area contributed by atoms with Crippen LogP contribution < -0.4 is 14.8 Å². The lowest BCUT2D eigenvalue weighted by Gasteiger charge is -2.18. The molecule has 1 amide bonds. The third-order valence-electron chi connectivity index (χ3n) is 3.86. The van der Waals surface area contributed by atoms with E-state index in [0.29, 0.717) is 23.9 Å². The highest BCUT2D eigenvalue weighted by atomic mass is 35.5. The summed E-state index contributed by atoms with van der Waals surface area (Å²) in [7, 11) is 3.52. The molecule has 0 unspecified atom stereocenters. The van der Waals surface area contributed by atoms with Gasteiger partial charge in [-0.05, 0) is 62.4 Å². The zero-order chi connectivity index (χ0) is 19.1. The molecule has 140 valence electrons. The van der Waals surface area contributed by atoms with E-state index in [1.807, 2.05) is 56.1 Å². The first kappa shape index (κ1) is 20.1. The topological polar surface area (TPSA) is 50.8 Å². The summed E-state index contributed by atoms with van der Waals surface area (Å²) in [5.41, 5.74) is 2.75. The predicted molar refractivity (Wildman–Crippen MR) is 105 cm³/mol. The predicted octanol–water partition coefficient (Wildman–Crippen LogP) is 4.13. The van der Waals surface area contributed by atoms with Crippen LogP contribution in [0.25, 0.3) is 0 Å². The van der Waals surface area contributed by atoms with Gasteiger partial charge in [-0.1, -0.05) is 17.7 Å². The molecule has 2 aromatic rings. The van der Waals surface area contributed by atoms with Gasteiger partial charge in [-0.3, -0.25) is 9.69 Å². The summed E-state index contributed by atoms with van der Waals surface area (Å²) in [6, 6.07) is 11.2. The van der Waals surface area contributed by atoms with E-state index in [4.69, 9.17) is 21.1 Å². The molecule has 1 N–H and O–H groups in total. The second-order valence-corrected chi connectivity index (χ2v) is 6.53. The number of methoxy groups -OCH3 is 1. The summed E-state index contributed by atoms with van der Waals surface area (Å²) in [6.45, 7) is 5.33. The molecule has 0 aliphatic heterocycles. The summed E-state index contributed by atoms with van der Waals surface area (Å²) in [5, 5.41) is 3.57. The Balaban J connectivity index is 1.95. The van der Waals surface area contributed by atoms with Gasteiger partial charge in [0, 0.05) is 17.3 Å². The SMILES string of the molecule is CCOc1ccc(CN(C)CC(=O)Nc2ccc(Cl)cc2C)cc1OC. The molecule has 0 saturated heterocycles. The van der Waals surface area contributed by atoms with E-state index < -0.39 is 0 Å². The second-order valence-electron chi connectivity index (χ2n) is 6.10. The van der Waals surface area contributed by atoms with E-state index in [1.165, 1.54) is 0 Å². The molecule has 0 aliphatic rings. The largest absolute Gasteiger partial charge is 0.493 e. The number of nitrogens with zero attached hydrogens (tertiary/aromatic N) is 1. The lowest BCUT2D eigenvalue weighted by Crippen LogP contribution is -2.30. The molecule has 0 radical (unpaired) electrons. The van der Waals surface area contributed by atoms with Crippen molar-refractivity contribution in [1.82, 2.24) is 4.90 Å². The molecular weight excluding hydrogens is 352 g/mol. The van der Waals surface area contributed by atoms with Crippen LogP contribution in [0.4, 0.5) is 5.69 Å². The number of rotatable bonds is 8. The first-order valence-electron chi connectivity index (χ1n) is 8.47. The van der Waals surface area contributed by atoms with E-state index in [9.17, 15) is 4.79 Å². The molecular formula is C20H25ClN2O3. The van der Waals surface area contributed by atoms with Crippen molar-refractivity contribution in [2.24, 2.45) is 0 Å². The van der Waals surface area contributed by atoms with E-state index >= 15 is 0 Å². The average Bonchev–Trinajstić information content (AvgIpc) is 2.58. The number of anilines is 1. The molecule has 0 spiro atoms. The summed E-state index contributed by atoms with van der Waals surface area (Å²) in [5.74, 6) is 1.34. The maximum atomic E-state index is 12.3. The third kappa shape index (κ3) is 5.64. The second kappa shape index (κ2) is 9.46. The van der Waals surface area contributed by atoms with Gasteiger partial charge in [0.2, 0.25) is 5.91 Å². The van der Waals surface area contributed by atoms with Crippen LogP contribution in [0.2, 0.25) is 5.02 Å². The normalized spacial score (nSPS) is 10.7. The summed E-state index contributed by atoms with van der Waals surface area (Å²) in [6.07, 6.45) is 0. The van der Waals surface area contributed by atoms with E-state index in [0.717, 1.165) is 22.6 Å². The maximum absolute atomic E-state index is 12.3. The maximum Gasteiger partial charge on any atom is 0.238 e. The van der Waals surface area contributed by atoms with Gasteiger partial charge in [-0.25, -0.2) is 0 Å². The number of hydrogen-bond acceptors (Lipinski definition) is 4. The Bertz CT molecular complexity index is 765. The van der Waals surface area contributed by atoms with Gasteiger partial charge in [-0.2, -0.15) is 0 Å². The zero-order valence-corrected chi connectivity index (χ0v) is 16.4. The highest BCUT2D eigenvalue weighted by Gasteiger charge is 2.11. The lowest BCUT2D eigenvalue weighted by atomic mass is 10.2. The Morgan fingerprint density at radius 1 is 1.19 bits per heavy atom. The molecule has 26 heavy (non-hydrogen) atoms. The Hall–Kier alpha value is -2.24. The molecule has 2 rings (SSSR count). The zero-order valence-electron chi connectivity index (χ0n) is 15.6. The van der Waals surface area contributed by atoms with Gasteiger partial charge >= 0.3 is 0 Å². The Morgan fingerprint density at radius 2 is 1.96 bits per heavy atom. The van der Waals surface area contributed by atoms with Crippen LogP contribution in [-0.4, -0.2) is 38.1 Å². The molecule has 0 bridgehead atoms. The summed E-state index contributed by atoms with van der Waals surface area (Å²) < 4.78 is 10.9. The minimum Gasteiger partial charge on any atom is -0.493 e. The number of hydrogen-bond donors (Lipinski definition) is 1.